The Bertz CT molecular complexity index is 334. The van der Waals surface area contributed by atoms with Crippen LogP contribution in [0.25, 0.3) is 0 Å². The van der Waals surface area contributed by atoms with Gasteiger partial charge in [-0.3, -0.25) is 9.89 Å². The van der Waals surface area contributed by atoms with Crippen LogP contribution in [0.4, 0.5) is 5.95 Å². The molecule has 7 heteroatoms. The number of amides is 1. The monoisotopic (exact) mass is 245 g/mol. The zero-order valence-electron chi connectivity index (χ0n) is 6.67. The van der Waals surface area contributed by atoms with Gasteiger partial charge in [0.25, 0.3) is 5.91 Å². The summed E-state index contributed by atoms with van der Waals surface area (Å²) in [5.74, 6) is -0.237. The number of hydrogen-bond acceptors (Lipinski definition) is 4. The van der Waals surface area contributed by atoms with Crippen molar-refractivity contribution in [3.8, 4) is 0 Å². The zero-order chi connectivity index (χ0) is 9.84. The molecule has 1 heterocycles. The highest BCUT2D eigenvalue weighted by Crippen LogP contribution is 1.98. The maximum Gasteiger partial charge on any atom is 0.288 e. The number of anilines is 1. The van der Waals surface area contributed by atoms with E-state index in [1.165, 1.54) is 0 Å². The molecule has 6 nitrogen and oxygen atoms in total. The first-order chi connectivity index (χ1) is 6.09. The number of aromatic amines is 1. The lowest BCUT2D eigenvalue weighted by atomic mass is 10.5. The molecule has 4 N–H and O–H groups in total. The van der Waals surface area contributed by atoms with Gasteiger partial charge < -0.3 is 11.1 Å². The van der Waals surface area contributed by atoms with Gasteiger partial charge in [-0.1, -0.05) is 22.5 Å². The van der Waals surface area contributed by atoms with Crippen molar-refractivity contribution >= 4 is 27.8 Å². The van der Waals surface area contributed by atoms with Gasteiger partial charge >= 0.3 is 0 Å². The number of rotatable bonds is 3. The number of hydrogen-bond donors (Lipinski definition) is 3. The van der Waals surface area contributed by atoms with Crippen LogP contribution in [0.2, 0.25) is 0 Å². The number of nitrogen functional groups attached to an aromatic ring is 1. The number of aromatic nitrogens is 3. The van der Waals surface area contributed by atoms with Crippen LogP contribution in [-0.2, 0) is 0 Å². The van der Waals surface area contributed by atoms with Crippen molar-refractivity contribution in [2.75, 3.05) is 12.3 Å². The van der Waals surface area contributed by atoms with Crippen molar-refractivity contribution in [1.29, 1.82) is 0 Å². The Morgan fingerprint density at radius 2 is 2.46 bits per heavy atom. The molecule has 0 unspecified atom stereocenters. The van der Waals surface area contributed by atoms with E-state index in [1.807, 2.05) is 0 Å². The van der Waals surface area contributed by atoms with Crippen molar-refractivity contribution in [2.24, 2.45) is 0 Å². The third-order valence-corrected chi connectivity index (χ3v) is 1.44. The molecule has 1 rings (SSSR count). The summed E-state index contributed by atoms with van der Waals surface area (Å²) in [5.41, 5.74) is 5.21. The van der Waals surface area contributed by atoms with E-state index in [0.29, 0.717) is 11.0 Å². The molecule has 70 valence electrons. The third-order valence-electron chi connectivity index (χ3n) is 1.16. The van der Waals surface area contributed by atoms with Crippen LogP contribution >= 0.6 is 15.9 Å². The smallest absolute Gasteiger partial charge is 0.288 e. The molecule has 13 heavy (non-hydrogen) atoms. The highest BCUT2D eigenvalue weighted by molar-refractivity contribution is 9.11. The van der Waals surface area contributed by atoms with Crippen LogP contribution in [0.3, 0.4) is 0 Å². The quantitative estimate of drug-likeness (QED) is 0.700. The lowest BCUT2D eigenvalue weighted by Gasteiger charge is -1.99. The molecule has 1 aromatic rings. The number of H-pyrrole nitrogens is 1. The van der Waals surface area contributed by atoms with Gasteiger partial charge in [0.2, 0.25) is 11.8 Å². The van der Waals surface area contributed by atoms with Gasteiger partial charge in [-0.2, -0.15) is 4.98 Å². The molecule has 0 saturated carbocycles. The summed E-state index contributed by atoms with van der Waals surface area (Å²) >= 11 is 3.10. The standard InChI is InChI=1S/C6H8BrN5O/c1-3(7)2-9-5(13)4-10-6(8)12-11-4/h1-2H2,(H,9,13)(H3,8,10,11,12). The molecular formula is C6H8BrN5O. The molecule has 0 saturated heterocycles. The summed E-state index contributed by atoms with van der Waals surface area (Å²) in [6.45, 7) is 3.89. The average molecular weight is 246 g/mol. The summed E-state index contributed by atoms with van der Waals surface area (Å²) in [6, 6.07) is 0. The lowest BCUT2D eigenvalue weighted by Crippen LogP contribution is -2.25. The Labute approximate surface area is 82.7 Å². The Morgan fingerprint density at radius 3 is 2.92 bits per heavy atom. The summed E-state index contributed by atoms with van der Waals surface area (Å²) < 4.78 is 0.674. The molecule has 0 radical (unpaired) electrons. The van der Waals surface area contributed by atoms with E-state index in [-0.39, 0.29) is 17.7 Å². The number of nitrogens with two attached hydrogens (primary N) is 1. The van der Waals surface area contributed by atoms with Gasteiger partial charge in [0.05, 0.1) is 0 Å². The molecule has 0 aromatic carbocycles. The Kier molecular flexibility index (Phi) is 3.02. The van der Waals surface area contributed by atoms with E-state index in [9.17, 15) is 4.79 Å². The van der Waals surface area contributed by atoms with Crippen LogP contribution in [0.5, 0.6) is 0 Å². The summed E-state index contributed by atoms with van der Waals surface area (Å²) in [6.07, 6.45) is 0. The van der Waals surface area contributed by atoms with Crippen LogP contribution in [-0.4, -0.2) is 27.6 Å². The van der Waals surface area contributed by atoms with Gasteiger partial charge in [0, 0.05) is 11.0 Å². The number of nitrogens with zero attached hydrogens (tertiary/aromatic N) is 2. The van der Waals surface area contributed by atoms with Gasteiger partial charge in [-0.15, -0.1) is 5.10 Å². The van der Waals surface area contributed by atoms with Gasteiger partial charge in [-0.05, 0) is 0 Å². The number of carbonyl (C=O) groups excluding carboxylic acids is 1. The predicted molar refractivity (Wildman–Crippen MR) is 51.2 cm³/mol. The van der Waals surface area contributed by atoms with E-state index in [0.717, 1.165) is 0 Å². The summed E-state index contributed by atoms with van der Waals surface area (Å²) in [4.78, 5) is 14.8. The third kappa shape index (κ3) is 2.86. The Morgan fingerprint density at radius 1 is 1.77 bits per heavy atom. The highest BCUT2D eigenvalue weighted by Gasteiger charge is 2.09. The molecule has 0 aliphatic heterocycles. The maximum absolute atomic E-state index is 11.2. The maximum atomic E-state index is 11.2. The minimum Gasteiger partial charge on any atom is -0.366 e. The second kappa shape index (κ2) is 4.04. The SMILES string of the molecule is C=C(Br)CNC(=O)c1nc(N)n[nH]1. The Hall–Kier alpha value is -1.37. The largest absolute Gasteiger partial charge is 0.366 e. The summed E-state index contributed by atoms with van der Waals surface area (Å²) in [7, 11) is 0. The molecule has 1 aromatic heterocycles. The molecule has 0 bridgehead atoms. The fourth-order valence-electron chi connectivity index (χ4n) is 0.636. The first-order valence-electron chi connectivity index (χ1n) is 3.39. The van der Waals surface area contributed by atoms with Crippen molar-refractivity contribution in [3.05, 3.63) is 16.9 Å². The van der Waals surface area contributed by atoms with Crippen molar-refractivity contribution in [1.82, 2.24) is 20.5 Å². The van der Waals surface area contributed by atoms with Crippen molar-refractivity contribution in [3.63, 3.8) is 0 Å². The van der Waals surface area contributed by atoms with Gasteiger partial charge in [-0.25, -0.2) is 0 Å². The van der Waals surface area contributed by atoms with Crippen LogP contribution < -0.4 is 11.1 Å². The molecule has 0 fully saturated rings. The second-order valence-electron chi connectivity index (χ2n) is 2.24. The second-order valence-corrected chi connectivity index (χ2v) is 3.36. The molecular weight excluding hydrogens is 238 g/mol. The van der Waals surface area contributed by atoms with E-state index in [4.69, 9.17) is 5.73 Å². The van der Waals surface area contributed by atoms with Crippen molar-refractivity contribution < 1.29 is 4.79 Å². The predicted octanol–water partition coefficient (Wildman–Crippen LogP) is 0.0253. The zero-order valence-corrected chi connectivity index (χ0v) is 8.26. The topological polar surface area (TPSA) is 96.7 Å². The molecule has 0 spiro atoms. The fraction of sp³-hybridized carbons (Fsp3) is 0.167. The van der Waals surface area contributed by atoms with Crippen molar-refractivity contribution in [2.45, 2.75) is 0 Å². The van der Waals surface area contributed by atoms with E-state index in [1.54, 1.807) is 0 Å². The molecule has 0 atom stereocenters. The molecule has 0 aliphatic rings. The number of halogens is 1. The Balaban J connectivity index is 2.54. The van der Waals surface area contributed by atoms with E-state index >= 15 is 0 Å². The highest BCUT2D eigenvalue weighted by atomic mass is 79.9. The number of carbonyl (C=O) groups is 1. The lowest BCUT2D eigenvalue weighted by molar-refractivity contribution is 0.0948. The first-order valence-corrected chi connectivity index (χ1v) is 4.18. The molecule has 0 aliphatic carbocycles. The minimum absolute atomic E-state index is 0.0443. The average Bonchev–Trinajstić information content (AvgIpc) is 2.47. The minimum atomic E-state index is -0.371. The van der Waals surface area contributed by atoms with E-state index in [2.05, 4.69) is 43.0 Å². The number of nitrogens with one attached hydrogen (secondary N) is 2. The van der Waals surface area contributed by atoms with E-state index < -0.39 is 0 Å². The fourth-order valence-corrected chi connectivity index (χ4v) is 0.776. The normalized spacial score (nSPS) is 9.62. The van der Waals surface area contributed by atoms with Crippen LogP contribution in [0.15, 0.2) is 11.1 Å². The van der Waals surface area contributed by atoms with Gasteiger partial charge in [0.1, 0.15) is 0 Å². The first kappa shape index (κ1) is 9.72. The van der Waals surface area contributed by atoms with Gasteiger partial charge in [0.15, 0.2) is 0 Å². The van der Waals surface area contributed by atoms with Crippen LogP contribution in [0, 0.1) is 0 Å². The molecule has 1 amide bonds. The van der Waals surface area contributed by atoms with Crippen LogP contribution in [0.1, 0.15) is 10.6 Å². The summed E-state index contributed by atoms with van der Waals surface area (Å²) in [5, 5.41) is 8.43.